The molecule has 3 aromatic heterocycles. The Hall–Kier alpha value is -2.88. The van der Waals surface area contributed by atoms with Crippen molar-refractivity contribution < 1.29 is 9.23 Å². The Bertz CT molecular complexity index is 1380. The predicted molar refractivity (Wildman–Crippen MR) is 124 cm³/mol. The summed E-state index contributed by atoms with van der Waals surface area (Å²) in [7, 11) is 0. The first-order chi connectivity index (χ1) is 15.9. The zero-order valence-corrected chi connectivity index (χ0v) is 19.2. The Kier molecular flexibility index (Phi) is 5.86. The maximum Gasteiger partial charge on any atom is 0.360 e. The van der Waals surface area contributed by atoms with Gasteiger partial charge in [0, 0.05) is 22.3 Å². The van der Waals surface area contributed by atoms with Crippen LogP contribution in [0.3, 0.4) is 0 Å². The van der Waals surface area contributed by atoms with Crippen molar-refractivity contribution in [3.05, 3.63) is 68.6 Å². The normalized spacial score (nSPS) is 15.8. The third-order valence-corrected chi connectivity index (χ3v) is 6.55. The van der Waals surface area contributed by atoms with Gasteiger partial charge in [-0.05, 0) is 57.1 Å². The number of nitrogens with one attached hydrogen (secondary N) is 2. The lowest BCUT2D eigenvalue weighted by Crippen LogP contribution is -2.29. The molecule has 0 radical (unpaired) electrons. The summed E-state index contributed by atoms with van der Waals surface area (Å²) in [6.07, 6.45) is 5.02. The van der Waals surface area contributed by atoms with E-state index in [4.69, 9.17) is 28.0 Å². The van der Waals surface area contributed by atoms with Gasteiger partial charge in [0.15, 0.2) is 11.8 Å². The number of imidazole rings is 1. The molecule has 8 nitrogen and oxygen atoms in total. The van der Waals surface area contributed by atoms with Crippen molar-refractivity contribution in [2.75, 3.05) is 13.1 Å². The summed E-state index contributed by atoms with van der Waals surface area (Å²) < 4.78 is 17.0. The van der Waals surface area contributed by atoms with Crippen LogP contribution in [0.25, 0.3) is 22.4 Å². The maximum atomic E-state index is 13.9. The fourth-order valence-electron chi connectivity index (χ4n) is 4.10. The molecule has 0 amide bonds. The lowest BCUT2D eigenvalue weighted by Gasteiger charge is -2.22. The van der Waals surface area contributed by atoms with Gasteiger partial charge in [0.25, 0.3) is 0 Å². The summed E-state index contributed by atoms with van der Waals surface area (Å²) in [6, 6.07) is 6.47. The smallest absolute Gasteiger partial charge is 0.360 e. The van der Waals surface area contributed by atoms with Gasteiger partial charge in [-0.1, -0.05) is 23.2 Å². The molecule has 5 rings (SSSR count). The second-order valence-corrected chi connectivity index (χ2v) is 8.77. The number of benzene rings is 1. The van der Waals surface area contributed by atoms with Crippen LogP contribution in [0, 0.1) is 5.82 Å². The fourth-order valence-corrected chi connectivity index (χ4v) is 4.78. The summed E-state index contributed by atoms with van der Waals surface area (Å²) in [5.41, 5.74) is 2.07. The topological polar surface area (TPSA) is 89.8 Å². The minimum absolute atomic E-state index is 0.144. The van der Waals surface area contributed by atoms with E-state index in [9.17, 15) is 9.18 Å². The molecule has 4 heterocycles. The van der Waals surface area contributed by atoms with Gasteiger partial charge in [0.1, 0.15) is 11.3 Å². The second-order valence-electron chi connectivity index (χ2n) is 7.98. The molecular formula is C22H21Cl2FN6O2. The molecular weight excluding hydrogens is 470 g/mol. The number of hydrogen-bond acceptors (Lipinski definition) is 5. The van der Waals surface area contributed by atoms with Crippen LogP contribution in [-0.2, 0) is 0 Å². The van der Waals surface area contributed by atoms with Crippen molar-refractivity contribution in [2.24, 2.45) is 0 Å². The molecule has 1 aliphatic rings. The second kappa shape index (κ2) is 8.81. The van der Waals surface area contributed by atoms with Gasteiger partial charge >= 0.3 is 5.69 Å². The molecule has 1 aliphatic heterocycles. The van der Waals surface area contributed by atoms with Gasteiger partial charge < -0.3 is 10.2 Å². The van der Waals surface area contributed by atoms with Crippen molar-refractivity contribution >= 4 is 34.4 Å². The van der Waals surface area contributed by atoms with Gasteiger partial charge in [-0.2, -0.15) is 5.10 Å². The molecule has 0 spiro atoms. The summed E-state index contributed by atoms with van der Waals surface area (Å²) in [4.78, 5) is 25.7. The highest BCUT2D eigenvalue weighted by Crippen LogP contribution is 2.33. The number of aromatic nitrogens is 5. The lowest BCUT2D eigenvalue weighted by molar-refractivity contribution is 0.0492. The molecule has 4 aromatic rings. The van der Waals surface area contributed by atoms with E-state index in [1.165, 1.54) is 12.1 Å². The number of aromatic amines is 1. The lowest BCUT2D eigenvalue weighted by atomic mass is 10.1. The number of piperidine rings is 1. The molecule has 0 saturated carbocycles. The fraction of sp³-hybridized carbons (Fsp3) is 0.318. The molecule has 172 valence electrons. The van der Waals surface area contributed by atoms with Crippen LogP contribution in [0.4, 0.5) is 4.39 Å². The minimum Gasteiger partial charge on any atom is -0.401 e. The van der Waals surface area contributed by atoms with Crippen LogP contribution in [0.5, 0.6) is 0 Å². The number of pyridine rings is 1. The molecule has 1 aromatic carbocycles. The van der Waals surface area contributed by atoms with Crippen molar-refractivity contribution in [3.63, 3.8) is 0 Å². The van der Waals surface area contributed by atoms with Crippen LogP contribution in [0.15, 0.2) is 41.5 Å². The van der Waals surface area contributed by atoms with E-state index in [1.807, 2.05) is 10.9 Å². The van der Waals surface area contributed by atoms with E-state index in [0.717, 1.165) is 36.2 Å². The SMILES string of the molecule is C[C@@H](On1c(=O)[nH]c2nc(-c3cnn(C4CCNCC4)c3)ccc21)c1c(Cl)ccc(F)c1Cl. The maximum absolute atomic E-state index is 13.9. The first-order valence-electron chi connectivity index (χ1n) is 10.6. The summed E-state index contributed by atoms with van der Waals surface area (Å²) >= 11 is 12.3. The van der Waals surface area contributed by atoms with Crippen molar-refractivity contribution in [1.82, 2.24) is 29.8 Å². The zero-order valence-electron chi connectivity index (χ0n) is 17.7. The van der Waals surface area contributed by atoms with Crippen LogP contribution in [0.1, 0.15) is 37.5 Å². The Balaban J connectivity index is 1.44. The third-order valence-electron chi connectivity index (χ3n) is 5.83. The van der Waals surface area contributed by atoms with E-state index in [1.54, 1.807) is 25.3 Å². The Morgan fingerprint density at radius 3 is 2.79 bits per heavy atom. The van der Waals surface area contributed by atoms with Crippen molar-refractivity contribution in [1.29, 1.82) is 0 Å². The van der Waals surface area contributed by atoms with E-state index >= 15 is 0 Å². The van der Waals surface area contributed by atoms with E-state index in [-0.39, 0.29) is 15.6 Å². The van der Waals surface area contributed by atoms with Crippen LogP contribution < -0.4 is 15.8 Å². The highest BCUT2D eigenvalue weighted by molar-refractivity contribution is 6.36. The molecule has 0 aliphatic carbocycles. The van der Waals surface area contributed by atoms with Gasteiger partial charge in [-0.3, -0.25) is 9.67 Å². The Labute approximate surface area is 198 Å². The summed E-state index contributed by atoms with van der Waals surface area (Å²) in [6.45, 7) is 3.58. The molecule has 1 saturated heterocycles. The van der Waals surface area contributed by atoms with Crippen molar-refractivity contribution in [3.8, 4) is 11.3 Å². The van der Waals surface area contributed by atoms with Crippen LogP contribution >= 0.6 is 23.2 Å². The Morgan fingerprint density at radius 2 is 2.00 bits per heavy atom. The standard InChI is InChI=1S/C22H21Cl2FN6O2/c1-12(19-15(23)2-3-16(25)20(19)24)33-31-18-5-4-17(28-21(18)29-22(31)32)13-10-27-30(11-13)14-6-8-26-9-7-14/h2-5,10-12,14,26H,6-9H2,1H3,(H,28,29,32)/t12-/m1/s1. The van der Waals surface area contributed by atoms with E-state index in [2.05, 4.69) is 20.4 Å². The number of rotatable bonds is 5. The highest BCUT2D eigenvalue weighted by Gasteiger charge is 2.22. The molecule has 1 fully saturated rings. The number of nitrogens with zero attached hydrogens (tertiary/aromatic N) is 4. The summed E-state index contributed by atoms with van der Waals surface area (Å²) in [5.74, 6) is -0.617. The average molecular weight is 491 g/mol. The number of hydrogen-bond donors (Lipinski definition) is 2. The number of halogens is 3. The minimum atomic E-state index is -0.791. The molecule has 0 unspecified atom stereocenters. The van der Waals surface area contributed by atoms with Gasteiger partial charge in [0.2, 0.25) is 0 Å². The third kappa shape index (κ3) is 4.12. The molecule has 1 atom stereocenters. The zero-order chi connectivity index (χ0) is 23.1. The largest absolute Gasteiger partial charge is 0.401 e. The molecule has 2 N–H and O–H groups in total. The monoisotopic (exact) mass is 490 g/mol. The molecule has 0 bridgehead atoms. The van der Waals surface area contributed by atoms with Gasteiger partial charge in [-0.25, -0.2) is 14.2 Å². The number of fused-ring (bicyclic) bond motifs is 1. The van der Waals surface area contributed by atoms with Crippen LogP contribution in [0.2, 0.25) is 10.0 Å². The number of H-pyrrole nitrogens is 1. The van der Waals surface area contributed by atoms with Gasteiger partial charge in [-0.15, -0.1) is 4.73 Å². The van der Waals surface area contributed by atoms with E-state index in [0.29, 0.717) is 22.9 Å². The van der Waals surface area contributed by atoms with E-state index < -0.39 is 17.6 Å². The summed E-state index contributed by atoms with van der Waals surface area (Å²) in [5, 5.41) is 7.95. The Morgan fingerprint density at radius 1 is 1.21 bits per heavy atom. The molecule has 33 heavy (non-hydrogen) atoms. The first kappa shape index (κ1) is 21.9. The quantitative estimate of drug-likeness (QED) is 0.410. The predicted octanol–water partition coefficient (Wildman–Crippen LogP) is 4.15. The average Bonchev–Trinajstić information content (AvgIpc) is 3.42. The first-order valence-corrected chi connectivity index (χ1v) is 11.4. The molecule has 11 heteroatoms. The highest BCUT2D eigenvalue weighted by atomic mass is 35.5. The van der Waals surface area contributed by atoms with Crippen molar-refractivity contribution in [2.45, 2.75) is 31.9 Å². The van der Waals surface area contributed by atoms with Crippen LogP contribution in [-0.4, -0.2) is 37.6 Å². The van der Waals surface area contributed by atoms with Gasteiger partial charge in [0.05, 0.1) is 23.0 Å².